The van der Waals surface area contributed by atoms with E-state index in [1.807, 2.05) is 0 Å². The van der Waals surface area contributed by atoms with Gasteiger partial charge in [-0.1, -0.05) is 51.0 Å². The van der Waals surface area contributed by atoms with Crippen molar-refractivity contribution >= 4 is 11.6 Å². The quantitative estimate of drug-likeness (QED) is 0.747. The number of hydrogen-bond donors (Lipinski definition) is 1. The molecule has 0 unspecified atom stereocenters. The predicted octanol–water partition coefficient (Wildman–Crippen LogP) is 5.22. The fourth-order valence-corrected chi connectivity index (χ4v) is 2.96. The third-order valence-electron chi connectivity index (χ3n) is 4.33. The first kappa shape index (κ1) is 17.6. The molecule has 0 bridgehead atoms. The van der Waals surface area contributed by atoms with E-state index in [1.54, 1.807) is 6.07 Å². The van der Waals surface area contributed by atoms with E-state index in [0.717, 1.165) is 31.4 Å². The number of hydrazone groups is 1. The Kier molecular flexibility index (Phi) is 7.78. The lowest BCUT2D eigenvalue weighted by Crippen LogP contribution is -2.20. The van der Waals surface area contributed by atoms with Crippen molar-refractivity contribution in [3.05, 3.63) is 35.6 Å². The molecule has 0 radical (unpaired) electrons. The molecule has 0 atom stereocenters. The maximum atomic E-state index is 13.2. The maximum absolute atomic E-state index is 13.2. The molecule has 1 saturated carbocycles. The fourth-order valence-electron chi connectivity index (χ4n) is 2.96. The van der Waals surface area contributed by atoms with Crippen LogP contribution in [0.5, 0.6) is 0 Å². The van der Waals surface area contributed by atoms with Crippen molar-refractivity contribution in [2.75, 3.05) is 0 Å². The van der Waals surface area contributed by atoms with Gasteiger partial charge in [0.05, 0.1) is 0 Å². The molecule has 0 saturated heterocycles. The number of hydrogen-bond acceptors (Lipinski definition) is 2. The van der Waals surface area contributed by atoms with E-state index in [4.69, 9.17) is 0 Å². The van der Waals surface area contributed by atoms with Gasteiger partial charge >= 0.3 is 0 Å². The van der Waals surface area contributed by atoms with Gasteiger partial charge in [-0.05, 0) is 43.9 Å². The average molecular weight is 318 g/mol. The van der Waals surface area contributed by atoms with Crippen molar-refractivity contribution in [1.29, 1.82) is 0 Å². The number of rotatable bonds is 2. The van der Waals surface area contributed by atoms with Crippen LogP contribution >= 0.6 is 0 Å². The zero-order chi connectivity index (χ0) is 16.3. The zero-order valence-electron chi connectivity index (χ0n) is 13.8. The van der Waals surface area contributed by atoms with Crippen LogP contribution in [0.3, 0.4) is 0 Å². The summed E-state index contributed by atoms with van der Waals surface area (Å²) in [6.45, 7) is 0. The first-order valence-electron chi connectivity index (χ1n) is 8.87. The van der Waals surface area contributed by atoms with Crippen LogP contribution in [0.15, 0.2) is 29.4 Å². The molecule has 1 amide bonds. The van der Waals surface area contributed by atoms with Gasteiger partial charge in [-0.15, -0.1) is 0 Å². The number of carbonyl (C=O) groups is 1. The average Bonchev–Trinajstić information content (AvgIpc) is 2.54. The normalized spacial score (nSPS) is 17.7. The number of amides is 1. The molecule has 3 nitrogen and oxygen atoms in total. The van der Waals surface area contributed by atoms with E-state index in [9.17, 15) is 9.18 Å². The summed E-state index contributed by atoms with van der Waals surface area (Å²) in [6.07, 6.45) is 13.3. The number of nitrogens with zero attached hydrogens (tertiary/aromatic N) is 1. The minimum absolute atomic E-state index is 0.308. The van der Waals surface area contributed by atoms with Crippen molar-refractivity contribution in [2.45, 2.75) is 70.6 Å². The Morgan fingerprint density at radius 1 is 0.913 bits per heavy atom. The van der Waals surface area contributed by atoms with Crippen LogP contribution in [0.25, 0.3) is 0 Å². The van der Waals surface area contributed by atoms with Gasteiger partial charge in [0.25, 0.3) is 5.91 Å². The van der Waals surface area contributed by atoms with Crippen LogP contribution in [0.4, 0.5) is 4.39 Å². The van der Waals surface area contributed by atoms with Gasteiger partial charge in [0, 0.05) is 11.3 Å². The van der Waals surface area contributed by atoms with Gasteiger partial charge in [0.2, 0.25) is 0 Å². The van der Waals surface area contributed by atoms with Crippen LogP contribution < -0.4 is 5.43 Å². The Bertz CT molecular complexity index is 514. The highest BCUT2D eigenvalue weighted by molar-refractivity contribution is 5.95. The first-order chi connectivity index (χ1) is 11.3. The van der Waals surface area contributed by atoms with Crippen LogP contribution in [0.2, 0.25) is 0 Å². The Balaban J connectivity index is 1.90. The van der Waals surface area contributed by atoms with Gasteiger partial charge in [-0.25, -0.2) is 9.82 Å². The largest absolute Gasteiger partial charge is 0.271 e. The number of nitrogens with one attached hydrogen (secondary N) is 1. The van der Waals surface area contributed by atoms with E-state index >= 15 is 0 Å². The molecule has 1 fully saturated rings. The molecule has 0 aromatic heterocycles. The van der Waals surface area contributed by atoms with Crippen LogP contribution in [-0.4, -0.2) is 11.6 Å². The molecule has 1 aliphatic carbocycles. The van der Waals surface area contributed by atoms with Crippen LogP contribution in [0, 0.1) is 5.82 Å². The van der Waals surface area contributed by atoms with E-state index in [-0.39, 0.29) is 5.91 Å². The SMILES string of the molecule is O=C(NN=C1CCCCCCCCCCC1)c1cccc(F)c1. The van der Waals surface area contributed by atoms with Crippen molar-refractivity contribution in [3.8, 4) is 0 Å². The van der Waals surface area contributed by atoms with E-state index < -0.39 is 5.82 Å². The van der Waals surface area contributed by atoms with Crippen LogP contribution in [0.1, 0.15) is 81.0 Å². The molecule has 1 N–H and O–H groups in total. The Hall–Kier alpha value is -1.71. The molecular formula is C19H27FN2O. The molecule has 1 aromatic rings. The summed E-state index contributed by atoms with van der Waals surface area (Å²) < 4.78 is 13.2. The standard InChI is InChI=1S/C19H27FN2O/c20-17-12-10-11-16(15-17)19(23)22-21-18-13-8-6-4-2-1-3-5-7-9-14-18/h10-12,15H,1-9,13-14H2,(H,22,23). The lowest BCUT2D eigenvalue weighted by atomic mass is 10.00. The molecule has 0 heterocycles. The minimum atomic E-state index is -0.406. The molecule has 2 rings (SSSR count). The predicted molar refractivity (Wildman–Crippen MR) is 92.1 cm³/mol. The first-order valence-corrected chi connectivity index (χ1v) is 8.87. The summed E-state index contributed by atoms with van der Waals surface area (Å²) in [5.74, 6) is -0.751. The maximum Gasteiger partial charge on any atom is 0.271 e. The summed E-state index contributed by atoms with van der Waals surface area (Å²) in [7, 11) is 0. The summed E-state index contributed by atoms with van der Waals surface area (Å²) in [6, 6.07) is 5.69. The summed E-state index contributed by atoms with van der Waals surface area (Å²) >= 11 is 0. The highest BCUT2D eigenvalue weighted by atomic mass is 19.1. The fraction of sp³-hybridized carbons (Fsp3) is 0.579. The van der Waals surface area contributed by atoms with Gasteiger partial charge < -0.3 is 0 Å². The van der Waals surface area contributed by atoms with Crippen molar-refractivity contribution in [2.24, 2.45) is 5.10 Å². The highest BCUT2D eigenvalue weighted by Crippen LogP contribution is 2.15. The third kappa shape index (κ3) is 6.93. The second kappa shape index (κ2) is 10.1. The summed E-state index contributed by atoms with van der Waals surface area (Å²) in [5, 5.41) is 4.31. The molecule has 23 heavy (non-hydrogen) atoms. The monoisotopic (exact) mass is 318 g/mol. The van der Waals surface area contributed by atoms with Crippen LogP contribution in [-0.2, 0) is 0 Å². The molecule has 126 valence electrons. The van der Waals surface area contributed by atoms with E-state index in [1.165, 1.54) is 63.1 Å². The number of carbonyl (C=O) groups excluding carboxylic acids is 1. The molecule has 4 heteroatoms. The van der Waals surface area contributed by atoms with Gasteiger partial charge in [-0.3, -0.25) is 4.79 Å². The number of halogens is 1. The lowest BCUT2D eigenvalue weighted by Gasteiger charge is -2.09. The Morgan fingerprint density at radius 2 is 1.48 bits per heavy atom. The van der Waals surface area contributed by atoms with Crippen molar-refractivity contribution in [3.63, 3.8) is 0 Å². The summed E-state index contributed by atoms with van der Waals surface area (Å²) in [5.41, 5.74) is 3.96. The highest BCUT2D eigenvalue weighted by Gasteiger charge is 2.07. The Labute approximate surface area is 138 Å². The molecule has 1 aromatic carbocycles. The molecule has 0 aliphatic heterocycles. The molecule has 1 aliphatic rings. The van der Waals surface area contributed by atoms with Gasteiger partial charge in [0.1, 0.15) is 5.82 Å². The third-order valence-corrected chi connectivity index (χ3v) is 4.33. The van der Waals surface area contributed by atoms with Gasteiger partial charge in [-0.2, -0.15) is 5.10 Å². The molecule has 0 spiro atoms. The van der Waals surface area contributed by atoms with Crippen molar-refractivity contribution in [1.82, 2.24) is 5.43 Å². The lowest BCUT2D eigenvalue weighted by molar-refractivity contribution is 0.0954. The minimum Gasteiger partial charge on any atom is -0.267 e. The van der Waals surface area contributed by atoms with E-state index in [0.29, 0.717) is 5.56 Å². The topological polar surface area (TPSA) is 41.5 Å². The smallest absolute Gasteiger partial charge is 0.267 e. The Morgan fingerprint density at radius 3 is 2.04 bits per heavy atom. The zero-order valence-corrected chi connectivity index (χ0v) is 13.8. The number of benzene rings is 1. The summed E-state index contributed by atoms with van der Waals surface area (Å²) in [4.78, 5) is 12.0. The van der Waals surface area contributed by atoms with E-state index in [2.05, 4.69) is 10.5 Å². The second-order valence-corrected chi connectivity index (χ2v) is 6.31. The van der Waals surface area contributed by atoms with Gasteiger partial charge in [0.15, 0.2) is 0 Å². The molecular weight excluding hydrogens is 291 g/mol. The van der Waals surface area contributed by atoms with Crippen molar-refractivity contribution < 1.29 is 9.18 Å². The second-order valence-electron chi connectivity index (χ2n) is 6.31.